The van der Waals surface area contributed by atoms with Crippen molar-refractivity contribution in [2.24, 2.45) is 0 Å². The molecule has 2 rings (SSSR count). The Hall–Kier alpha value is -2.40. The minimum atomic E-state index is -0.803. The van der Waals surface area contributed by atoms with E-state index in [1.54, 1.807) is 24.3 Å². The summed E-state index contributed by atoms with van der Waals surface area (Å²) in [5.41, 5.74) is 1.58. The maximum atomic E-state index is 11.4. The summed E-state index contributed by atoms with van der Waals surface area (Å²) in [4.78, 5) is 11.4. The van der Waals surface area contributed by atoms with Gasteiger partial charge in [-0.2, -0.15) is 0 Å². The van der Waals surface area contributed by atoms with Crippen LogP contribution in [0.3, 0.4) is 0 Å². The van der Waals surface area contributed by atoms with Crippen molar-refractivity contribution < 1.29 is 23.7 Å². The second-order valence-corrected chi connectivity index (χ2v) is 5.33. The number of hydrogen-bond donors (Lipinski definition) is 0. The number of methoxy groups -OCH3 is 1. The summed E-state index contributed by atoms with van der Waals surface area (Å²) < 4.78 is 21.1. The van der Waals surface area contributed by atoms with Crippen molar-refractivity contribution >= 4 is 17.8 Å². The van der Waals surface area contributed by atoms with Gasteiger partial charge < -0.3 is 18.9 Å². The fourth-order valence-corrected chi connectivity index (χ4v) is 2.19. The molecule has 0 spiro atoms. The van der Waals surface area contributed by atoms with E-state index in [2.05, 4.69) is 4.74 Å². The number of benzene rings is 2. The summed E-state index contributed by atoms with van der Waals surface area (Å²) in [5.74, 6) is 1.52. The van der Waals surface area contributed by atoms with Gasteiger partial charge >= 0.3 is 6.16 Å². The fraction of sp³-hybridized carbons (Fsp3) is 0.278. The minimum absolute atomic E-state index is 0.155. The summed E-state index contributed by atoms with van der Waals surface area (Å²) in [6.45, 7) is 4.42. The molecule has 0 saturated heterocycles. The molecule has 0 radical (unpaired) electrons. The lowest BCUT2D eigenvalue weighted by Crippen LogP contribution is -2.11. The molecule has 2 aromatic carbocycles. The maximum absolute atomic E-state index is 11.4. The fourth-order valence-electron chi connectivity index (χ4n) is 2.02. The molecule has 0 atom stereocenters. The predicted molar refractivity (Wildman–Crippen MR) is 91.2 cm³/mol. The van der Waals surface area contributed by atoms with E-state index in [4.69, 9.17) is 25.8 Å². The molecular weight excluding hydrogens is 332 g/mol. The molecule has 0 aliphatic carbocycles. The Morgan fingerprint density at radius 1 is 1.12 bits per heavy atom. The van der Waals surface area contributed by atoms with Gasteiger partial charge in [-0.25, -0.2) is 4.79 Å². The standard InChI is InChI=1S/C18H19ClO5/c1-4-22-16-6-5-7-17(24-18(20)21-3)14(16)11-23-13-9-8-12(2)15(19)10-13/h5-10H,4,11H2,1-3H3. The molecule has 0 aliphatic rings. The van der Waals surface area contributed by atoms with Gasteiger partial charge in [0.2, 0.25) is 0 Å². The van der Waals surface area contributed by atoms with Gasteiger partial charge in [-0.3, -0.25) is 0 Å². The van der Waals surface area contributed by atoms with Crippen molar-refractivity contribution in [1.82, 2.24) is 0 Å². The number of carbonyl (C=O) groups is 1. The Balaban J connectivity index is 2.24. The van der Waals surface area contributed by atoms with E-state index < -0.39 is 6.16 Å². The van der Waals surface area contributed by atoms with Crippen molar-refractivity contribution in [1.29, 1.82) is 0 Å². The highest BCUT2D eigenvalue weighted by atomic mass is 35.5. The van der Waals surface area contributed by atoms with Gasteiger partial charge in [0.1, 0.15) is 23.9 Å². The molecule has 5 nitrogen and oxygen atoms in total. The molecule has 2 aromatic rings. The first-order valence-electron chi connectivity index (χ1n) is 7.44. The zero-order valence-corrected chi connectivity index (χ0v) is 14.6. The van der Waals surface area contributed by atoms with Crippen molar-refractivity contribution in [3.8, 4) is 17.2 Å². The van der Waals surface area contributed by atoms with E-state index in [-0.39, 0.29) is 6.61 Å². The van der Waals surface area contributed by atoms with Crippen LogP contribution in [-0.2, 0) is 11.3 Å². The lowest BCUT2D eigenvalue weighted by atomic mass is 10.2. The lowest BCUT2D eigenvalue weighted by Gasteiger charge is -2.15. The van der Waals surface area contributed by atoms with Crippen LogP contribution in [0.5, 0.6) is 17.2 Å². The van der Waals surface area contributed by atoms with Crippen LogP contribution in [0.2, 0.25) is 5.02 Å². The molecule has 24 heavy (non-hydrogen) atoms. The Labute approximate surface area is 146 Å². The van der Waals surface area contributed by atoms with Gasteiger partial charge in [0.15, 0.2) is 0 Å². The van der Waals surface area contributed by atoms with Crippen LogP contribution in [0, 0.1) is 6.92 Å². The van der Waals surface area contributed by atoms with Gasteiger partial charge in [-0.15, -0.1) is 0 Å². The zero-order chi connectivity index (χ0) is 17.5. The summed E-state index contributed by atoms with van der Waals surface area (Å²) >= 11 is 6.10. The molecule has 128 valence electrons. The van der Waals surface area contributed by atoms with E-state index in [9.17, 15) is 4.79 Å². The van der Waals surface area contributed by atoms with Gasteiger partial charge in [-0.05, 0) is 43.7 Å². The SMILES string of the molecule is CCOc1cccc(OC(=O)OC)c1COc1ccc(C)c(Cl)c1. The third-order valence-corrected chi connectivity index (χ3v) is 3.68. The first-order chi connectivity index (χ1) is 11.5. The molecule has 0 unspecified atom stereocenters. The van der Waals surface area contributed by atoms with Gasteiger partial charge in [-0.1, -0.05) is 23.7 Å². The number of halogens is 1. The Morgan fingerprint density at radius 3 is 2.54 bits per heavy atom. The van der Waals surface area contributed by atoms with Crippen LogP contribution in [-0.4, -0.2) is 19.9 Å². The average Bonchev–Trinajstić information content (AvgIpc) is 2.57. The third kappa shape index (κ3) is 4.55. The van der Waals surface area contributed by atoms with E-state index in [0.717, 1.165) is 5.56 Å². The highest BCUT2D eigenvalue weighted by molar-refractivity contribution is 6.31. The lowest BCUT2D eigenvalue weighted by molar-refractivity contribution is 0.120. The van der Waals surface area contributed by atoms with Crippen molar-refractivity contribution in [2.45, 2.75) is 20.5 Å². The average molecular weight is 351 g/mol. The molecule has 0 saturated carbocycles. The van der Waals surface area contributed by atoms with Gasteiger partial charge in [0.05, 0.1) is 19.3 Å². The third-order valence-electron chi connectivity index (χ3n) is 3.28. The molecular formula is C18H19ClO5. The van der Waals surface area contributed by atoms with Crippen LogP contribution >= 0.6 is 11.6 Å². The van der Waals surface area contributed by atoms with Crippen LogP contribution < -0.4 is 14.2 Å². The molecule has 0 aromatic heterocycles. The van der Waals surface area contributed by atoms with Crippen molar-refractivity contribution in [2.75, 3.05) is 13.7 Å². The van der Waals surface area contributed by atoms with E-state index >= 15 is 0 Å². The Kier molecular flexibility index (Phi) is 6.32. The van der Waals surface area contributed by atoms with Crippen LogP contribution in [0.25, 0.3) is 0 Å². The molecule has 0 amide bonds. The van der Waals surface area contributed by atoms with Crippen LogP contribution in [0.1, 0.15) is 18.1 Å². The normalized spacial score (nSPS) is 10.2. The molecule has 0 fully saturated rings. The first kappa shape index (κ1) is 17.9. The minimum Gasteiger partial charge on any atom is -0.493 e. The van der Waals surface area contributed by atoms with Crippen molar-refractivity contribution in [3.63, 3.8) is 0 Å². The zero-order valence-electron chi connectivity index (χ0n) is 13.8. The highest BCUT2D eigenvalue weighted by Crippen LogP contribution is 2.31. The topological polar surface area (TPSA) is 54.0 Å². The molecule has 0 aliphatic heterocycles. The Morgan fingerprint density at radius 2 is 1.88 bits per heavy atom. The highest BCUT2D eigenvalue weighted by Gasteiger charge is 2.15. The quantitative estimate of drug-likeness (QED) is 0.554. The number of ether oxygens (including phenoxy) is 4. The van der Waals surface area contributed by atoms with Gasteiger partial charge in [0.25, 0.3) is 0 Å². The summed E-state index contributed by atoms with van der Waals surface area (Å²) in [7, 11) is 1.25. The number of carbonyl (C=O) groups excluding carboxylic acids is 1. The second-order valence-electron chi connectivity index (χ2n) is 4.92. The molecule has 0 N–H and O–H groups in total. The number of aryl methyl sites for hydroxylation is 1. The molecule has 6 heteroatoms. The second kappa shape index (κ2) is 8.45. The summed E-state index contributed by atoms with van der Waals surface area (Å²) in [5, 5.41) is 0.622. The van der Waals surface area contributed by atoms with Gasteiger partial charge in [0, 0.05) is 5.02 Å². The summed E-state index contributed by atoms with van der Waals surface area (Å²) in [6.07, 6.45) is -0.803. The van der Waals surface area contributed by atoms with Crippen molar-refractivity contribution in [3.05, 3.63) is 52.5 Å². The summed E-state index contributed by atoms with van der Waals surface area (Å²) in [6, 6.07) is 10.6. The van der Waals surface area contributed by atoms with Crippen LogP contribution in [0.15, 0.2) is 36.4 Å². The number of rotatable bonds is 6. The Bertz CT molecular complexity index is 715. The van der Waals surface area contributed by atoms with E-state index in [1.165, 1.54) is 7.11 Å². The number of hydrogen-bond acceptors (Lipinski definition) is 5. The molecule has 0 bridgehead atoms. The largest absolute Gasteiger partial charge is 0.513 e. The molecule has 0 heterocycles. The van der Waals surface area contributed by atoms with Crippen LogP contribution in [0.4, 0.5) is 4.79 Å². The monoisotopic (exact) mass is 350 g/mol. The van der Waals surface area contributed by atoms with E-state index in [1.807, 2.05) is 26.0 Å². The first-order valence-corrected chi connectivity index (χ1v) is 7.82. The predicted octanol–water partition coefficient (Wildman–Crippen LogP) is 4.77. The maximum Gasteiger partial charge on any atom is 0.513 e. The smallest absolute Gasteiger partial charge is 0.493 e. The van der Waals surface area contributed by atoms with E-state index in [0.29, 0.717) is 34.4 Å².